The first-order chi connectivity index (χ1) is 9.15. The molecule has 2 aromatic rings. The van der Waals surface area contributed by atoms with Gasteiger partial charge in [0, 0.05) is 18.4 Å². The Morgan fingerprint density at radius 3 is 2.79 bits per heavy atom. The number of aromatic nitrogens is 1. The molecule has 0 radical (unpaired) electrons. The van der Waals surface area contributed by atoms with Crippen molar-refractivity contribution in [3.8, 4) is 0 Å². The third kappa shape index (κ3) is 4.30. The van der Waals surface area contributed by atoms with E-state index in [9.17, 15) is 4.39 Å². The van der Waals surface area contributed by atoms with Gasteiger partial charge in [0.1, 0.15) is 5.82 Å². The molecule has 0 spiro atoms. The fourth-order valence-corrected chi connectivity index (χ4v) is 2.09. The smallest absolute Gasteiger partial charge is 0.142 e. The van der Waals surface area contributed by atoms with Crippen LogP contribution in [0.4, 0.5) is 4.39 Å². The fourth-order valence-electron chi connectivity index (χ4n) is 1.97. The van der Waals surface area contributed by atoms with Crippen molar-refractivity contribution in [2.24, 2.45) is 5.73 Å². The minimum atomic E-state index is -0.390. The van der Waals surface area contributed by atoms with Gasteiger partial charge in [0.15, 0.2) is 0 Å². The summed E-state index contributed by atoms with van der Waals surface area (Å²) in [6.07, 6.45) is 5.96. The summed E-state index contributed by atoms with van der Waals surface area (Å²) in [4.78, 5) is 4.06. The van der Waals surface area contributed by atoms with E-state index in [1.807, 2.05) is 24.4 Å². The number of hydrogen-bond donors (Lipinski definition) is 1. The van der Waals surface area contributed by atoms with Gasteiger partial charge < -0.3 is 5.73 Å². The molecule has 1 atom stereocenters. The topological polar surface area (TPSA) is 38.9 Å². The third-order valence-electron chi connectivity index (χ3n) is 3.01. The molecule has 0 bridgehead atoms. The maximum absolute atomic E-state index is 13.3. The van der Waals surface area contributed by atoms with Gasteiger partial charge in [-0.3, -0.25) is 4.98 Å². The van der Waals surface area contributed by atoms with Crippen LogP contribution < -0.4 is 5.73 Å². The largest absolute Gasteiger partial charge is 0.327 e. The lowest BCUT2D eigenvalue weighted by Crippen LogP contribution is -2.23. The number of rotatable bonds is 5. The molecule has 0 aliphatic carbocycles. The van der Waals surface area contributed by atoms with Crippen LogP contribution in [0.15, 0.2) is 42.7 Å². The van der Waals surface area contributed by atoms with Crippen molar-refractivity contribution >= 4 is 11.6 Å². The van der Waals surface area contributed by atoms with Gasteiger partial charge in [-0.25, -0.2) is 4.39 Å². The van der Waals surface area contributed by atoms with Crippen LogP contribution in [0.5, 0.6) is 0 Å². The van der Waals surface area contributed by atoms with Gasteiger partial charge in [-0.05, 0) is 48.6 Å². The van der Waals surface area contributed by atoms with Crippen LogP contribution in [0.1, 0.15) is 17.5 Å². The second-order valence-electron chi connectivity index (χ2n) is 4.61. The number of nitrogens with zero attached hydrogens (tertiary/aromatic N) is 1. The summed E-state index contributed by atoms with van der Waals surface area (Å²) in [6.45, 7) is 0. The molecule has 100 valence electrons. The van der Waals surface area contributed by atoms with E-state index in [0.29, 0.717) is 6.42 Å². The Kier molecular flexibility index (Phi) is 4.88. The standard InChI is InChI=1S/C15H16ClFN2/c16-14-6-4-12(9-15(14)17)8-13(18)5-3-11-2-1-7-19-10-11/h1-2,4,6-7,9-10,13H,3,5,8,18H2. The van der Waals surface area contributed by atoms with E-state index in [-0.39, 0.29) is 11.1 Å². The average Bonchev–Trinajstić information content (AvgIpc) is 2.42. The van der Waals surface area contributed by atoms with E-state index >= 15 is 0 Å². The van der Waals surface area contributed by atoms with Crippen LogP contribution in [-0.4, -0.2) is 11.0 Å². The first-order valence-electron chi connectivity index (χ1n) is 6.23. The molecule has 0 saturated heterocycles. The highest BCUT2D eigenvalue weighted by Crippen LogP contribution is 2.17. The molecule has 0 amide bonds. The van der Waals surface area contributed by atoms with Gasteiger partial charge in [0.2, 0.25) is 0 Å². The quantitative estimate of drug-likeness (QED) is 0.911. The zero-order valence-corrected chi connectivity index (χ0v) is 11.3. The molecule has 0 fully saturated rings. The van der Waals surface area contributed by atoms with Gasteiger partial charge in [-0.1, -0.05) is 23.7 Å². The van der Waals surface area contributed by atoms with Gasteiger partial charge in [-0.15, -0.1) is 0 Å². The summed E-state index contributed by atoms with van der Waals surface area (Å²) in [5.41, 5.74) is 8.11. The average molecular weight is 279 g/mol. The monoisotopic (exact) mass is 278 g/mol. The molecule has 0 aliphatic rings. The molecule has 1 aromatic heterocycles. The van der Waals surface area contributed by atoms with Crippen molar-refractivity contribution < 1.29 is 4.39 Å². The fraction of sp³-hybridized carbons (Fsp3) is 0.267. The Balaban J connectivity index is 1.87. The number of nitrogens with two attached hydrogens (primary N) is 1. The Morgan fingerprint density at radius 2 is 2.11 bits per heavy atom. The molecule has 0 saturated carbocycles. The summed E-state index contributed by atoms with van der Waals surface area (Å²) in [5, 5.41) is 0.146. The lowest BCUT2D eigenvalue weighted by molar-refractivity contribution is 0.598. The highest BCUT2D eigenvalue weighted by Gasteiger charge is 2.07. The van der Waals surface area contributed by atoms with Crippen molar-refractivity contribution in [3.05, 3.63) is 64.7 Å². The number of aryl methyl sites for hydroxylation is 1. The van der Waals surface area contributed by atoms with Gasteiger partial charge in [0.25, 0.3) is 0 Å². The summed E-state index contributed by atoms with van der Waals surface area (Å²) in [7, 11) is 0. The molecule has 0 aliphatic heterocycles. The molecule has 2 N–H and O–H groups in total. The normalized spacial score (nSPS) is 12.4. The zero-order chi connectivity index (χ0) is 13.7. The van der Waals surface area contributed by atoms with Crippen molar-refractivity contribution in [3.63, 3.8) is 0 Å². The number of benzene rings is 1. The molecule has 2 rings (SSSR count). The molecule has 19 heavy (non-hydrogen) atoms. The van der Waals surface area contributed by atoms with Crippen molar-refractivity contribution in [1.29, 1.82) is 0 Å². The minimum Gasteiger partial charge on any atom is -0.327 e. The highest BCUT2D eigenvalue weighted by molar-refractivity contribution is 6.30. The lowest BCUT2D eigenvalue weighted by Gasteiger charge is -2.11. The number of halogens is 2. The third-order valence-corrected chi connectivity index (χ3v) is 3.32. The molecule has 2 nitrogen and oxygen atoms in total. The van der Waals surface area contributed by atoms with E-state index in [0.717, 1.165) is 18.4 Å². The molecular weight excluding hydrogens is 263 g/mol. The van der Waals surface area contributed by atoms with E-state index in [4.69, 9.17) is 17.3 Å². The van der Waals surface area contributed by atoms with Crippen LogP contribution in [0, 0.1) is 5.82 Å². The van der Waals surface area contributed by atoms with E-state index in [1.165, 1.54) is 11.6 Å². The molecular formula is C15H16ClFN2. The first-order valence-corrected chi connectivity index (χ1v) is 6.61. The summed E-state index contributed by atoms with van der Waals surface area (Å²) in [6, 6.07) is 8.78. The maximum Gasteiger partial charge on any atom is 0.142 e. The predicted molar refractivity (Wildman–Crippen MR) is 75.6 cm³/mol. The van der Waals surface area contributed by atoms with Crippen molar-refractivity contribution in [1.82, 2.24) is 4.98 Å². The van der Waals surface area contributed by atoms with E-state index in [2.05, 4.69) is 4.98 Å². The summed E-state index contributed by atoms with van der Waals surface area (Å²) < 4.78 is 13.3. The van der Waals surface area contributed by atoms with Gasteiger partial charge >= 0.3 is 0 Å². The Hall–Kier alpha value is -1.45. The van der Waals surface area contributed by atoms with Crippen LogP contribution in [-0.2, 0) is 12.8 Å². The number of pyridine rings is 1. The second kappa shape index (κ2) is 6.64. The van der Waals surface area contributed by atoms with Crippen LogP contribution >= 0.6 is 11.6 Å². The second-order valence-corrected chi connectivity index (χ2v) is 5.02. The van der Waals surface area contributed by atoms with Crippen LogP contribution in [0.2, 0.25) is 5.02 Å². The Bertz CT molecular complexity index is 531. The molecule has 4 heteroatoms. The van der Waals surface area contributed by atoms with Crippen molar-refractivity contribution in [2.45, 2.75) is 25.3 Å². The predicted octanol–water partition coefficient (Wildman–Crippen LogP) is 3.38. The molecule has 1 unspecified atom stereocenters. The minimum absolute atomic E-state index is 0.000724. The molecule has 1 aromatic carbocycles. The van der Waals surface area contributed by atoms with E-state index in [1.54, 1.807) is 12.3 Å². The maximum atomic E-state index is 13.3. The highest BCUT2D eigenvalue weighted by atomic mass is 35.5. The summed E-state index contributed by atoms with van der Waals surface area (Å²) >= 11 is 5.65. The van der Waals surface area contributed by atoms with Crippen LogP contribution in [0.25, 0.3) is 0 Å². The Labute approximate surface area is 117 Å². The van der Waals surface area contributed by atoms with Crippen LogP contribution in [0.3, 0.4) is 0 Å². The summed E-state index contributed by atoms with van der Waals surface area (Å²) in [5.74, 6) is -0.390. The number of hydrogen-bond acceptors (Lipinski definition) is 2. The van der Waals surface area contributed by atoms with Crippen molar-refractivity contribution in [2.75, 3.05) is 0 Å². The zero-order valence-electron chi connectivity index (χ0n) is 10.5. The first kappa shape index (κ1) is 14.0. The van der Waals surface area contributed by atoms with Gasteiger partial charge in [-0.2, -0.15) is 0 Å². The van der Waals surface area contributed by atoms with E-state index < -0.39 is 5.82 Å². The van der Waals surface area contributed by atoms with Gasteiger partial charge in [0.05, 0.1) is 5.02 Å². The molecule has 1 heterocycles. The SMILES string of the molecule is NC(CCc1cccnc1)Cc1ccc(Cl)c(F)c1. The Morgan fingerprint density at radius 1 is 1.26 bits per heavy atom. The lowest BCUT2D eigenvalue weighted by atomic mass is 10.0.